The highest BCUT2D eigenvalue weighted by Gasteiger charge is 2.10. The van der Waals surface area contributed by atoms with Gasteiger partial charge < -0.3 is 10.2 Å². The Labute approximate surface area is 112 Å². The van der Waals surface area contributed by atoms with Crippen LogP contribution in [-0.4, -0.2) is 10.2 Å². The third kappa shape index (κ3) is 3.05. The predicted molar refractivity (Wildman–Crippen MR) is 73.0 cm³/mol. The lowest BCUT2D eigenvalue weighted by atomic mass is 9.92. The smallest absolute Gasteiger partial charge is 0.165 e. The van der Waals surface area contributed by atoms with Gasteiger partial charge in [-0.1, -0.05) is 25.1 Å². The molecule has 3 heteroatoms. The van der Waals surface area contributed by atoms with Crippen molar-refractivity contribution in [2.75, 3.05) is 0 Å². The number of aryl methyl sites for hydroxylation is 1. The van der Waals surface area contributed by atoms with Gasteiger partial charge in [-0.15, -0.1) is 0 Å². The van der Waals surface area contributed by atoms with E-state index in [9.17, 15) is 9.50 Å². The Hall–Kier alpha value is -2.03. The molecule has 0 spiro atoms. The van der Waals surface area contributed by atoms with E-state index in [1.165, 1.54) is 12.1 Å². The summed E-state index contributed by atoms with van der Waals surface area (Å²) in [6.45, 7) is 3.91. The largest absolute Gasteiger partial charge is 0.508 e. The quantitative estimate of drug-likeness (QED) is 0.879. The molecular formula is C16H17FO2. The number of hydrogen-bond donors (Lipinski definition) is 2. The molecule has 1 atom stereocenters. The molecule has 0 amide bonds. The van der Waals surface area contributed by atoms with Gasteiger partial charge in [0.05, 0.1) is 0 Å². The van der Waals surface area contributed by atoms with Crippen molar-refractivity contribution < 1.29 is 14.6 Å². The van der Waals surface area contributed by atoms with Gasteiger partial charge in [0.1, 0.15) is 5.75 Å². The van der Waals surface area contributed by atoms with Crippen LogP contribution in [0.25, 0.3) is 0 Å². The number of hydrogen-bond acceptors (Lipinski definition) is 2. The van der Waals surface area contributed by atoms with Crippen molar-refractivity contribution in [2.24, 2.45) is 0 Å². The normalized spacial score (nSPS) is 12.4. The monoisotopic (exact) mass is 260 g/mol. The van der Waals surface area contributed by atoms with Crippen LogP contribution in [0.15, 0.2) is 36.4 Å². The summed E-state index contributed by atoms with van der Waals surface area (Å²) >= 11 is 0. The van der Waals surface area contributed by atoms with E-state index in [-0.39, 0.29) is 17.4 Å². The van der Waals surface area contributed by atoms with Gasteiger partial charge in [0.25, 0.3) is 0 Å². The zero-order valence-electron chi connectivity index (χ0n) is 11.0. The van der Waals surface area contributed by atoms with Gasteiger partial charge in [0.15, 0.2) is 11.6 Å². The first-order chi connectivity index (χ1) is 8.97. The van der Waals surface area contributed by atoms with Gasteiger partial charge >= 0.3 is 0 Å². The molecule has 0 aliphatic heterocycles. The molecule has 0 aliphatic carbocycles. The Balaban J connectivity index is 2.17. The predicted octanol–water partition coefficient (Wildman–Crippen LogP) is 3.89. The Morgan fingerprint density at radius 3 is 2.37 bits per heavy atom. The van der Waals surface area contributed by atoms with E-state index in [0.717, 1.165) is 16.7 Å². The molecule has 0 bridgehead atoms. The molecule has 0 aromatic heterocycles. The molecule has 2 aromatic rings. The summed E-state index contributed by atoms with van der Waals surface area (Å²) in [5.74, 6) is -0.418. The molecule has 0 saturated heterocycles. The highest BCUT2D eigenvalue weighted by Crippen LogP contribution is 2.26. The van der Waals surface area contributed by atoms with Crippen molar-refractivity contribution >= 4 is 0 Å². The first kappa shape index (κ1) is 13.4. The Kier molecular flexibility index (Phi) is 3.74. The van der Waals surface area contributed by atoms with E-state index in [1.807, 2.05) is 19.1 Å². The van der Waals surface area contributed by atoms with Crippen molar-refractivity contribution in [3.05, 3.63) is 58.9 Å². The summed E-state index contributed by atoms with van der Waals surface area (Å²) in [5.41, 5.74) is 2.78. The van der Waals surface area contributed by atoms with Crippen molar-refractivity contribution in [2.45, 2.75) is 26.2 Å². The minimum absolute atomic E-state index is 0.211. The second-order valence-electron chi connectivity index (χ2n) is 4.94. The van der Waals surface area contributed by atoms with Crippen LogP contribution in [0.5, 0.6) is 11.5 Å². The lowest BCUT2D eigenvalue weighted by Gasteiger charge is -2.13. The van der Waals surface area contributed by atoms with Crippen molar-refractivity contribution in [1.82, 2.24) is 0 Å². The topological polar surface area (TPSA) is 40.5 Å². The second kappa shape index (κ2) is 5.31. The minimum atomic E-state index is -0.591. The van der Waals surface area contributed by atoms with Crippen molar-refractivity contribution in [3.8, 4) is 11.5 Å². The molecule has 0 radical (unpaired) electrons. The highest BCUT2D eigenvalue weighted by atomic mass is 19.1. The average molecular weight is 260 g/mol. The molecule has 2 rings (SSSR count). The lowest BCUT2D eigenvalue weighted by Crippen LogP contribution is -1.99. The van der Waals surface area contributed by atoms with E-state index in [2.05, 4.69) is 6.92 Å². The number of aromatic hydroxyl groups is 2. The Bertz CT molecular complexity index is 593. The van der Waals surface area contributed by atoms with Crippen LogP contribution in [0.3, 0.4) is 0 Å². The molecule has 2 nitrogen and oxygen atoms in total. The standard InChI is InChI=1S/C16H17FO2/c1-10(13-4-6-15(18)11(2)8-13)7-12-3-5-16(19)14(17)9-12/h3-6,8-10,18-19H,7H2,1-2H3. The fourth-order valence-electron chi connectivity index (χ4n) is 2.13. The molecule has 1 unspecified atom stereocenters. The molecule has 100 valence electrons. The minimum Gasteiger partial charge on any atom is -0.508 e. The van der Waals surface area contributed by atoms with E-state index >= 15 is 0 Å². The maximum atomic E-state index is 13.3. The lowest BCUT2D eigenvalue weighted by molar-refractivity contribution is 0.431. The van der Waals surface area contributed by atoms with E-state index in [1.54, 1.807) is 12.1 Å². The maximum Gasteiger partial charge on any atom is 0.165 e. The number of rotatable bonds is 3. The Morgan fingerprint density at radius 2 is 1.74 bits per heavy atom. The van der Waals surface area contributed by atoms with Crippen LogP contribution in [0, 0.1) is 12.7 Å². The molecule has 19 heavy (non-hydrogen) atoms. The van der Waals surface area contributed by atoms with Crippen LogP contribution in [0.2, 0.25) is 0 Å². The number of halogens is 1. The van der Waals surface area contributed by atoms with Crippen LogP contribution in [-0.2, 0) is 6.42 Å². The van der Waals surface area contributed by atoms with Gasteiger partial charge in [-0.25, -0.2) is 4.39 Å². The molecule has 2 aromatic carbocycles. The molecule has 0 heterocycles. The number of phenols is 2. The van der Waals surface area contributed by atoms with Crippen molar-refractivity contribution in [3.63, 3.8) is 0 Å². The fraction of sp³-hybridized carbons (Fsp3) is 0.250. The highest BCUT2D eigenvalue weighted by molar-refractivity contribution is 5.37. The van der Waals surface area contributed by atoms with E-state index in [0.29, 0.717) is 6.42 Å². The summed E-state index contributed by atoms with van der Waals surface area (Å²) < 4.78 is 13.3. The van der Waals surface area contributed by atoms with Gasteiger partial charge in [-0.3, -0.25) is 0 Å². The molecule has 2 N–H and O–H groups in total. The fourth-order valence-corrected chi connectivity index (χ4v) is 2.13. The third-order valence-corrected chi connectivity index (χ3v) is 3.34. The van der Waals surface area contributed by atoms with Crippen molar-refractivity contribution in [1.29, 1.82) is 0 Å². The zero-order valence-corrected chi connectivity index (χ0v) is 11.0. The molecule has 0 fully saturated rings. The van der Waals surface area contributed by atoms with Crippen LogP contribution in [0.4, 0.5) is 4.39 Å². The van der Waals surface area contributed by atoms with Gasteiger partial charge in [0, 0.05) is 0 Å². The number of benzene rings is 2. The zero-order chi connectivity index (χ0) is 14.0. The summed E-state index contributed by atoms with van der Waals surface area (Å²) in [4.78, 5) is 0. The van der Waals surface area contributed by atoms with Gasteiger partial charge in [-0.2, -0.15) is 0 Å². The first-order valence-corrected chi connectivity index (χ1v) is 6.24. The van der Waals surface area contributed by atoms with Gasteiger partial charge in [0.2, 0.25) is 0 Å². The summed E-state index contributed by atoms with van der Waals surface area (Å²) in [7, 11) is 0. The third-order valence-electron chi connectivity index (χ3n) is 3.34. The maximum absolute atomic E-state index is 13.3. The average Bonchev–Trinajstić information content (AvgIpc) is 2.37. The van der Waals surface area contributed by atoms with Gasteiger partial charge in [-0.05, 0) is 54.2 Å². The molecule has 0 aliphatic rings. The SMILES string of the molecule is Cc1cc(C(C)Cc2ccc(O)c(F)c2)ccc1O. The van der Waals surface area contributed by atoms with Crippen LogP contribution in [0.1, 0.15) is 29.5 Å². The van der Waals surface area contributed by atoms with Crippen LogP contribution < -0.4 is 0 Å². The van der Waals surface area contributed by atoms with Crippen LogP contribution >= 0.6 is 0 Å². The molecule has 0 saturated carbocycles. The summed E-state index contributed by atoms with van der Waals surface area (Å²) in [6.07, 6.45) is 0.682. The number of phenolic OH excluding ortho intramolecular Hbond substituents is 2. The second-order valence-corrected chi connectivity index (χ2v) is 4.94. The Morgan fingerprint density at radius 1 is 1.05 bits per heavy atom. The van der Waals surface area contributed by atoms with E-state index < -0.39 is 5.82 Å². The first-order valence-electron chi connectivity index (χ1n) is 6.24. The van der Waals surface area contributed by atoms with E-state index in [4.69, 9.17) is 5.11 Å². The molecular weight excluding hydrogens is 243 g/mol. The summed E-state index contributed by atoms with van der Waals surface area (Å²) in [6, 6.07) is 9.96. The summed E-state index contributed by atoms with van der Waals surface area (Å²) in [5, 5.41) is 18.7.